The van der Waals surface area contributed by atoms with Crippen LogP contribution >= 0.6 is 0 Å². The van der Waals surface area contributed by atoms with E-state index in [-0.39, 0.29) is 11.9 Å². The largest absolute Gasteiger partial charge is 0.496 e. The Kier molecular flexibility index (Phi) is 4.63. The second-order valence-electron chi connectivity index (χ2n) is 4.49. The van der Waals surface area contributed by atoms with Gasteiger partial charge in [-0.15, -0.1) is 0 Å². The maximum atomic E-state index is 12.0. The number of esters is 1. The third kappa shape index (κ3) is 3.61. The van der Waals surface area contributed by atoms with Gasteiger partial charge in [0.15, 0.2) is 0 Å². The summed E-state index contributed by atoms with van der Waals surface area (Å²) >= 11 is 0. The molecule has 1 aliphatic heterocycles. The molecule has 0 amide bonds. The topological polar surface area (TPSA) is 56.8 Å². The van der Waals surface area contributed by atoms with E-state index in [9.17, 15) is 4.79 Å². The summed E-state index contributed by atoms with van der Waals surface area (Å²) < 4.78 is 15.7. The SMILES string of the molecule is COc1cc(OC)cc(OC(=O)C2CCNCC2)c1. The number of ether oxygens (including phenoxy) is 3. The minimum Gasteiger partial charge on any atom is -0.496 e. The molecule has 5 heteroatoms. The quantitative estimate of drug-likeness (QED) is 0.662. The van der Waals surface area contributed by atoms with Crippen LogP contribution in [0.3, 0.4) is 0 Å². The molecule has 0 aliphatic carbocycles. The minimum atomic E-state index is -0.184. The van der Waals surface area contributed by atoms with Crippen molar-refractivity contribution in [1.82, 2.24) is 5.32 Å². The van der Waals surface area contributed by atoms with E-state index < -0.39 is 0 Å². The second-order valence-corrected chi connectivity index (χ2v) is 4.49. The van der Waals surface area contributed by atoms with Crippen LogP contribution in [-0.2, 0) is 4.79 Å². The van der Waals surface area contributed by atoms with E-state index in [0.717, 1.165) is 25.9 Å². The Balaban J connectivity index is 2.06. The summed E-state index contributed by atoms with van der Waals surface area (Å²) in [6.07, 6.45) is 1.64. The Morgan fingerprint density at radius 2 is 1.58 bits per heavy atom. The summed E-state index contributed by atoms with van der Waals surface area (Å²) in [5, 5.41) is 3.22. The van der Waals surface area contributed by atoms with E-state index in [1.54, 1.807) is 32.4 Å². The summed E-state index contributed by atoms with van der Waals surface area (Å²) in [7, 11) is 3.13. The van der Waals surface area contributed by atoms with Gasteiger partial charge < -0.3 is 19.5 Å². The van der Waals surface area contributed by atoms with Crippen molar-refractivity contribution in [2.45, 2.75) is 12.8 Å². The Morgan fingerprint density at radius 1 is 1.05 bits per heavy atom. The number of hydrogen-bond acceptors (Lipinski definition) is 5. The number of piperidine rings is 1. The van der Waals surface area contributed by atoms with Crippen LogP contribution in [0, 0.1) is 5.92 Å². The van der Waals surface area contributed by atoms with Gasteiger partial charge in [0.25, 0.3) is 0 Å². The Hall–Kier alpha value is -1.75. The summed E-state index contributed by atoms with van der Waals surface area (Å²) in [4.78, 5) is 12.0. The van der Waals surface area contributed by atoms with Gasteiger partial charge in [-0.2, -0.15) is 0 Å². The average Bonchev–Trinajstić information content (AvgIpc) is 2.47. The van der Waals surface area contributed by atoms with Gasteiger partial charge in [-0.1, -0.05) is 0 Å². The predicted octanol–water partition coefficient (Wildman–Crippen LogP) is 1.61. The molecule has 0 unspecified atom stereocenters. The van der Waals surface area contributed by atoms with E-state index >= 15 is 0 Å². The number of nitrogens with one attached hydrogen (secondary N) is 1. The van der Waals surface area contributed by atoms with Crippen LogP contribution in [-0.4, -0.2) is 33.3 Å². The van der Waals surface area contributed by atoms with Crippen LogP contribution in [0.2, 0.25) is 0 Å². The van der Waals surface area contributed by atoms with Gasteiger partial charge in [0.1, 0.15) is 17.2 Å². The number of carbonyl (C=O) groups excluding carboxylic acids is 1. The van der Waals surface area contributed by atoms with Gasteiger partial charge >= 0.3 is 5.97 Å². The maximum absolute atomic E-state index is 12.0. The van der Waals surface area contributed by atoms with Gasteiger partial charge in [0, 0.05) is 18.2 Å². The van der Waals surface area contributed by atoms with Gasteiger partial charge in [-0.3, -0.25) is 4.79 Å². The average molecular weight is 265 g/mol. The molecule has 0 radical (unpaired) electrons. The highest BCUT2D eigenvalue weighted by Crippen LogP contribution is 2.28. The molecular formula is C14H19NO4. The van der Waals surface area contributed by atoms with Crippen molar-refractivity contribution in [2.24, 2.45) is 5.92 Å². The van der Waals surface area contributed by atoms with E-state index in [1.165, 1.54) is 0 Å². The normalized spacial score (nSPS) is 15.9. The molecule has 2 rings (SSSR count). The maximum Gasteiger partial charge on any atom is 0.314 e. The zero-order chi connectivity index (χ0) is 13.7. The van der Waals surface area contributed by atoms with Crippen LogP contribution in [0.4, 0.5) is 0 Å². The van der Waals surface area contributed by atoms with E-state index in [2.05, 4.69) is 5.32 Å². The molecular weight excluding hydrogens is 246 g/mol. The van der Waals surface area contributed by atoms with Crippen molar-refractivity contribution < 1.29 is 19.0 Å². The smallest absolute Gasteiger partial charge is 0.314 e. The van der Waals surface area contributed by atoms with Crippen LogP contribution in [0.15, 0.2) is 18.2 Å². The van der Waals surface area contributed by atoms with Crippen molar-refractivity contribution in [3.05, 3.63) is 18.2 Å². The molecule has 0 spiro atoms. The lowest BCUT2D eigenvalue weighted by atomic mass is 9.98. The molecule has 0 atom stereocenters. The first-order valence-corrected chi connectivity index (χ1v) is 6.38. The fraction of sp³-hybridized carbons (Fsp3) is 0.500. The van der Waals surface area contributed by atoms with E-state index in [1.807, 2.05) is 0 Å². The van der Waals surface area contributed by atoms with Crippen molar-refractivity contribution in [1.29, 1.82) is 0 Å². The summed E-state index contributed by atoms with van der Waals surface area (Å²) in [5.74, 6) is 1.45. The zero-order valence-corrected chi connectivity index (χ0v) is 11.3. The Labute approximate surface area is 112 Å². The van der Waals surface area contributed by atoms with Crippen molar-refractivity contribution in [3.63, 3.8) is 0 Å². The monoisotopic (exact) mass is 265 g/mol. The molecule has 5 nitrogen and oxygen atoms in total. The van der Waals surface area contributed by atoms with Crippen LogP contribution in [0.25, 0.3) is 0 Å². The first kappa shape index (κ1) is 13.7. The molecule has 1 heterocycles. The second kappa shape index (κ2) is 6.43. The molecule has 1 N–H and O–H groups in total. The first-order valence-electron chi connectivity index (χ1n) is 6.38. The van der Waals surface area contributed by atoms with Crippen LogP contribution < -0.4 is 19.5 Å². The van der Waals surface area contributed by atoms with Crippen molar-refractivity contribution >= 4 is 5.97 Å². The summed E-state index contributed by atoms with van der Waals surface area (Å²) in [5.41, 5.74) is 0. The third-order valence-corrected chi connectivity index (χ3v) is 3.22. The number of benzene rings is 1. The van der Waals surface area contributed by atoms with Crippen LogP contribution in [0.5, 0.6) is 17.2 Å². The fourth-order valence-electron chi connectivity index (χ4n) is 2.10. The van der Waals surface area contributed by atoms with Gasteiger partial charge in [0.2, 0.25) is 0 Å². The first-order chi connectivity index (χ1) is 9.22. The lowest BCUT2D eigenvalue weighted by Crippen LogP contribution is -2.33. The highest BCUT2D eigenvalue weighted by Gasteiger charge is 2.23. The highest BCUT2D eigenvalue weighted by molar-refractivity contribution is 5.75. The molecule has 0 aromatic heterocycles. The van der Waals surface area contributed by atoms with Gasteiger partial charge in [0.05, 0.1) is 20.1 Å². The number of hydrogen-bond donors (Lipinski definition) is 1. The highest BCUT2D eigenvalue weighted by atomic mass is 16.5. The lowest BCUT2D eigenvalue weighted by Gasteiger charge is -2.21. The summed E-state index contributed by atoms with van der Waals surface area (Å²) in [6, 6.07) is 5.10. The van der Waals surface area contributed by atoms with Crippen LogP contribution in [0.1, 0.15) is 12.8 Å². The Bertz CT molecular complexity index is 419. The van der Waals surface area contributed by atoms with E-state index in [0.29, 0.717) is 17.2 Å². The van der Waals surface area contributed by atoms with Gasteiger partial charge in [-0.05, 0) is 25.9 Å². The molecule has 19 heavy (non-hydrogen) atoms. The van der Waals surface area contributed by atoms with E-state index in [4.69, 9.17) is 14.2 Å². The molecule has 0 bridgehead atoms. The fourth-order valence-corrected chi connectivity index (χ4v) is 2.10. The number of rotatable bonds is 4. The number of carbonyl (C=O) groups is 1. The Morgan fingerprint density at radius 3 is 2.11 bits per heavy atom. The molecule has 0 saturated carbocycles. The lowest BCUT2D eigenvalue weighted by molar-refractivity contribution is -0.139. The predicted molar refractivity (Wildman–Crippen MR) is 70.8 cm³/mol. The summed E-state index contributed by atoms with van der Waals surface area (Å²) in [6.45, 7) is 1.72. The molecule has 104 valence electrons. The molecule has 1 saturated heterocycles. The zero-order valence-electron chi connectivity index (χ0n) is 11.3. The minimum absolute atomic E-state index is 0.0292. The molecule has 1 aliphatic rings. The standard InChI is InChI=1S/C14H19NO4/c1-17-11-7-12(18-2)9-13(8-11)19-14(16)10-3-5-15-6-4-10/h7-10,15H,3-6H2,1-2H3. The number of methoxy groups -OCH3 is 2. The molecule has 1 fully saturated rings. The van der Waals surface area contributed by atoms with Gasteiger partial charge in [-0.25, -0.2) is 0 Å². The van der Waals surface area contributed by atoms with Crippen molar-refractivity contribution in [2.75, 3.05) is 27.3 Å². The molecule has 1 aromatic carbocycles. The van der Waals surface area contributed by atoms with Crippen molar-refractivity contribution in [3.8, 4) is 17.2 Å². The molecule has 1 aromatic rings. The third-order valence-electron chi connectivity index (χ3n) is 3.22.